The third-order valence-electron chi connectivity index (χ3n) is 4.45. The number of carbonyl (C=O) groups is 1. The molecule has 0 aliphatic carbocycles. The molecule has 2 aromatic rings. The van der Waals surface area contributed by atoms with Gasteiger partial charge in [0, 0.05) is 29.1 Å². The van der Waals surface area contributed by atoms with E-state index in [1.54, 1.807) is 6.26 Å². The molecule has 3 rings (SSSR count). The Labute approximate surface area is 141 Å². The number of amides is 1. The van der Waals surface area contributed by atoms with Crippen LogP contribution in [0, 0.1) is 13.8 Å². The molecular weight excluding hydrogens is 314 g/mol. The van der Waals surface area contributed by atoms with E-state index in [0.29, 0.717) is 13.0 Å². The van der Waals surface area contributed by atoms with Gasteiger partial charge in [-0.3, -0.25) is 4.79 Å². The van der Waals surface area contributed by atoms with E-state index in [2.05, 4.69) is 5.32 Å². The molecule has 1 aromatic heterocycles. The molecule has 0 radical (unpaired) electrons. The summed E-state index contributed by atoms with van der Waals surface area (Å²) in [6.07, 6.45) is 5.40. The van der Waals surface area contributed by atoms with Gasteiger partial charge in [-0.05, 0) is 50.3 Å². The van der Waals surface area contributed by atoms with Gasteiger partial charge in [0.1, 0.15) is 5.58 Å². The molecule has 0 unspecified atom stereocenters. The van der Waals surface area contributed by atoms with E-state index in [4.69, 9.17) is 20.8 Å². The number of aryl methyl sites for hydroxylation is 2. The summed E-state index contributed by atoms with van der Waals surface area (Å²) in [4.78, 5) is 12.2. The van der Waals surface area contributed by atoms with Crippen LogP contribution < -0.4 is 5.32 Å². The highest BCUT2D eigenvalue weighted by Crippen LogP contribution is 2.32. The van der Waals surface area contributed by atoms with Gasteiger partial charge in [-0.25, -0.2) is 0 Å². The molecule has 0 spiro atoms. The Morgan fingerprint density at radius 2 is 2.22 bits per heavy atom. The van der Waals surface area contributed by atoms with Gasteiger partial charge in [-0.2, -0.15) is 0 Å². The highest BCUT2D eigenvalue weighted by molar-refractivity contribution is 6.33. The first kappa shape index (κ1) is 16.3. The molecule has 2 heterocycles. The van der Waals surface area contributed by atoms with Crippen LogP contribution in [0.15, 0.2) is 16.7 Å². The van der Waals surface area contributed by atoms with Crippen molar-refractivity contribution in [3.05, 3.63) is 34.0 Å². The maximum atomic E-state index is 12.2. The minimum absolute atomic E-state index is 0.0158. The second-order valence-corrected chi connectivity index (χ2v) is 6.61. The van der Waals surface area contributed by atoms with Crippen molar-refractivity contribution in [1.82, 2.24) is 5.32 Å². The Bertz CT molecular complexity index is 717. The quantitative estimate of drug-likeness (QED) is 0.921. The van der Waals surface area contributed by atoms with Crippen LogP contribution in [0.4, 0.5) is 0 Å². The zero-order valence-corrected chi connectivity index (χ0v) is 14.3. The number of nitrogens with one attached hydrogen (secondary N) is 1. The summed E-state index contributed by atoms with van der Waals surface area (Å²) in [7, 11) is 0. The molecule has 0 saturated carbocycles. The van der Waals surface area contributed by atoms with Crippen molar-refractivity contribution in [3.63, 3.8) is 0 Å². The molecule has 0 bridgehead atoms. The summed E-state index contributed by atoms with van der Waals surface area (Å²) < 4.78 is 11.2. The van der Waals surface area contributed by atoms with E-state index in [9.17, 15) is 4.79 Å². The lowest BCUT2D eigenvalue weighted by Gasteiger charge is -2.22. The molecule has 1 aliphatic rings. The maximum absolute atomic E-state index is 12.2. The zero-order chi connectivity index (χ0) is 16.4. The van der Waals surface area contributed by atoms with Crippen molar-refractivity contribution < 1.29 is 13.9 Å². The summed E-state index contributed by atoms with van der Waals surface area (Å²) in [5.74, 6) is -0.0158. The zero-order valence-electron chi connectivity index (χ0n) is 13.6. The Morgan fingerprint density at radius 3 is 2.96 bits per heavy atom. The lowest BCUT2D eigenvalue weighted by Crippen LogP contribution is -2.36. The van der Waals surface area contributed by atoms with Crippen LogP contribution in [0.3, 0.4) is 0 Å². The summed E-state index contributed by atoms with van der Waals surface area (Å²) in [5, 5.41) is 4.64. The van der Waals surface area contributed by atoms with Crippen LogP contribution in [-0.2, 0) is 16.0 Å². The maximum Gasteiger partial charge on any atom is 0.224 e. The van der Waals surface area contributed by atoms with Crippen molar-refractivity contribution in [1.29, 1.82) is 0 Å². The monoisotopic (exact) mass is 335 g/mol. The third-order valence-corrected chi connectivity index (χ3v) is 5.03. The van der Waals surface area contributed by atoms with Crippen LogP contribution in [0.2, 0.25) is 5.02 Å². The lowest BCUT2D eigenvalue weighted by atomic mass is 10.0. The van der Waals surface area contributed by atoms with Crippen LogP contribution >= 0.6 is 11.6 Å². The summed E-state index contributed by atoms with van der Waals surface area (Å²) in [6, 6.07) is 1.92. The molecule has 1 aromatic carbocycles. The molecule has 1 saturated heterocycles. The average Bonchev–Trinajstić information content (AvgIpc) is 2.94. The highest BCUT2D eigenvalue weighted by atomic mass is 35.5. The molecular formula is C18H22ClNO3. The Hall–Kier alpha value is -1.52. The molecule has 1 N–H and O–H groups in total. The van der Waals surface area contributed by atoms with E-state index in [1.807, 2.05) is 19.9 Å². The predicted octanol–water partition coefficient (Wildman–Crippen LogP) is 3.93. The first-order valence-electron chi connectivity index (χ1n) is 8.10. The van der Waals surface area contributed by atoms with E-state index >= 15 is 0 Å². The van der Waals surface area contributed by atoms with E-state index in [1.165, 1.54) is 6.42 Å². The number of furan rings is 1. The first-order chi connectivity index (χ1) is 11.1. The highest BCUT2D eigenvalue weighted by Gasteiger charge is 2.18. The van der Waals surface area contributed by atoms with Crippen LogP contribution in [0.1, 0.15) is 36.0 Å². The Kier molecular flexibility index (Phi) is 4.93. The van der Waals surface area contributed by atoms with Gasteiger partial charge in [0.25, 0.3) is 0 Å². The largest absolute Gasteiger partial charge is 0.464 e. The SMILES string of the molecule is Cc1cc2occ(CC(=O)NC[C@@H]3CCCCO3)c2c(C)c1Cl. The number of halogens is 1. The second-order valence-electron chi connectivity index (χ2n) is 6.24. The number of benzene rings is 1. The van der Waals surface area contributed by atoms with Crippen molar-refractivity contribution >= 4 is 28.5 Å². The molecule has 1 fully saturated rings. The molecule has 5 heteroatoms. The second kappa shape index (κ2) is 6.93. The fraction of sp³-hybridized carbons (Fsp3) is 0.500. The topological polar surface area (TPSA) is 51.5 Å². The van der Waals surface area contributed by atoms with Crippen LogP contribution in [-0.4, -0.2) is 25.2 Å². The number of rotatable bonds is 4. The smallest absolute Gasteiger partial charge is 0.224 e. The van der Waals surface area contributed by atoms with Crippen molar-refractivity contribution in [3.8, 4) is 0 Å². The molecule has 4 nitrogen and oxygen atoms in total. The first-order valence-corrected chi connectivity index (χ1v) is 8.48. The minimum Gasteiger partial charge on any atom is -0.464 e. The third kappa shape index (κ3) is 3.54. The van der Waals surface area contributed by atoms with E-state index in [-0.39, 0.29) is 12.0 Å². The summed E-state index contributed by atoms with van der Waals surface area (Å²) in [6.45, 7) is 5.29. The van der Waals surface area contributed by atoms with Crippen molar-refractivity contribution in [2.24, 2.45) is 0 Å². The summed E-state index contributed by atoms with van der Waals surface area (Å²) >= 11 is 6.33. The van der Waals surface area contributed by atoms with Crippen molar-refractivity contribution in [2.45, 2.75) is 45.6 Å². The number of hydrogen-bond donors (Lipinski definition) is 1. The Balaban J connectivity index is 1.69. The lowest BCUT2D eigenvalue weighted by molar-refractivity contribution is -0.121. The van der Waals surface area contributed by atoms with Crippen LogP contribution in [0.5, 0.6) is 0 Å². The fourth-order valence-corrected chi connectivity index (χ4v) is 3.32. The fourth-order valence-electron chi connectivity index (χ4n) is 3.17. The number of hydrogen-bond acceptors (Lipinski definition) is 3. The Morgan fingerprint density at radius 1 is 1.39 bits per heavy atom. The van der Waals surface area contributed by atoms with Gasteiger partial charge >= 0.3 is 0 Å². The molecule has 1 atom stereocenters. The normalized spacial score (nSPS) is 18.3. The number of ether oxygens (including phenoxy) is 1. The van der Waals surface area contributed by atoms with Crippen LogP contribution in [0.25, 0.3) is 11.0 Å². The van der Waals surface area contributed by atoms with Gasteiger partial charge in [-0.15, -0.1) is 0 Å². The molecule has 124 valence electrons. The van der Waals surface area contributed by atoms with Crippen molar-refractivity contribution in [2.75, 3.05) is 13.2 Å². The van der Waals surface area contributed by atoms with Gasteiger partial charge in [0.05, 0.1) is 18.8 Å². The number of carbonyl (C=O) groups excluding carboxylic acids is 1. The van der Waals surface area contributed by atoms with Gasteiger partial charge in [0.2, 0.25) is 5.91 Å². The van der Waals surface area contributed by atoms with E-state index in [0.717, 1.165) is 52.1 Å². The molecule has 1 amide bonds. The predicted molar refractivity (Wildman–Crippen MR) is 91.0 cm³/mol. The average molecular weight is 336 g/mol. The number of fused-ring (bicyclic) bond motifs is 1. The van der Waals surface area contributed by atoms with E-state index < -0.39 is 0 Å². The van der Waals surface area contributed by atoms with Gasteiger partial charge in [-0.1, -0.05) is 11.6 Å². The molecule has 1 aliphatic heterocycles. The summed E-state index contributed by atoms with van der Waals surface area (Å²) in [5.41, 5.74) is 3.61. The van der Waals surface area contributed by atoms with Gasteiger partial charge in [0.15, 0.2) is 0 Å². The van der Waals surface area contributed by atoms with Gasteiger partial charge < -0.3 is 14.5 Å². The standard InChI is InChI=1S/C18H22ClNO3/c1-11-7-15-17(12(2)18(11)19)13(10-23-15)8-16(21)20-9-14-5-3-4-6-22-14/h7,10,14H,3-6,8-9H2,1-2H3,(H,20,21)/t14-/m0/s1. The molecule has 23 heavy (non-hydrogen) atoms. The minimum atomic E-state index is -0.0158.